The minimum atomic E-state index is -0.530. The van der Waals surface area contributed by atoms with E-state index >= 15 is 0 Å². The van der Waals surface area contributed by atoms with Gasteiger partial charge in [-0.1, -0.05) is 17.7 Å². The van der Waals surface area contributed by atoms with Crippen LogP contribution in [-0.2, 0) is 19.1 Å². The number of thioether (sulfide) groups is 1. The number of nitrogens with one attached hydrogen (secondary N) is 1. The number of carbonyl (C=O) groups is 3. The molecule has 1 fully saturated rings. The smallest absolute Gasteiger partial charge is 0.316 e. The first-order chi connectivity index (χ1) is 15.8. The fourth-order valence-electron chi connectivity index (χ4n) is 3.51. The molecule has 0 aromatic heterocycles. The number of amides is 2. The second-order valence-electron chi connectivity index (χ2n) is 7.86. The van der Waals surface area contributed by atoms with Crippen LogP contribution in [0, 0.1) is 19.7 Å². The van der Waals surface area contributed by atoms with Crippen molar-refractivity contribution in [1.82, 2.24) is 4.90 Å². The SMILES string of the molecule is Cc1ccc(NC(=O)CSCC(=O)OCC(=O)N2CCN(c3ccc(F)cc3)CC2)c(C)c1. The third kappa shape index (κ3) is 7.49. The number of rotatable bonds is 8. The van der Waals surface area contributed by atoms with E-state index in [0.29, 0.717) is 26.2 Å². The molecule has 0 radical (unpaired) electrons. The van der Waals surface area contributed by atoms with Gasteiger partial charge in [-0.2, -0.15) is 0 Å². The molecule has 1 heterocycles. The fourth-order valence-corrected chi connectivity index (χ4v) is 4.12. The predicted molar refractivity (Wildman–Crippen MR) is 128 cm³/mol. The Morgan fingerprint density at radius 1 is 1.00 bits per heavy atom. The van der Waals surface area contributed by atoms with Crippen molar-refractivity contribution >= 4 is 40.9 Å². The lowest BCUT2D eigenvalue weighted by Crippen LogP contribution is -2.50. The van der Waals surface area contributed by atoms with Crippen LogP contribution in [0.1, 0.15) is 11.1 Å². The van der Waals surface area contributed by atoms with Crippen molar-refractivity contribution in [2.45, 2.75) is 13.8 Å². The second kappa shape index (κ2) is 11.7. The third-order valence-corrected chi connectivity index (χ3v) is 6.20. The van der Waals surface area contributed by atoms with Gasteiger partial charge in [-0.3, -0.25) is 14.4 Å². The number of hydrogen-bond donors (Lipinski definition) is 1. The molecule has 0 saturated carbocycles. The zero-order valence-corrected chi connectivity index (χ0v) is 19.6. The van der Waals surface area contributed by atoms with Crippen molar-refractivity contribution in [3.63, 3.8) is 0 Å². The van der Waals surface area contributed by atoms with Gasteiger partial charge in [0, 0.05) is 37.6 Å². The van der Waals surface area contributed by atoms with Crippen molar-refractivity contribution in [2.75, 3.05) is 54.5 Å². The van der Waals surface area contributed by atoms with Gasteiger partial charge in [0.25, 0.3) is 5.91 Å². The van der Waals surface area contributed by atoms with Crippen LogP contribution in [0.3, 0.4) is 0 Å². The average molecular weight is 474 g/mol. The van der Waals surface area contributed by atoms with Gasteiger partial charge >= 0.3 is 5.97 Å². The molecule has 0 unspecified atom stereocenters. The first kappa shape index (κ1) is 24.6. The van der Waals surface area contributed by atoms with Crippen molar-refractivity contribution in [1.29, 1.82) is 0 Å². The molecule has 2 aromatic carbocycles. The van der Waals surface area contributed by atoms with E-state index in [4.69, 9.17) is 4.74 Å². The lowest BCUT2D eigenvalue weighted by Gasteiger charge is -2.36. The molecular formula is C24H28FN3O4S. The standard InChI is InChI=1S/C24H28FN3O4S/c1-17-3-8-21(18(2)13-17)26-22(29)15-33-16-24(31)32-14-23(30)28-11-9-27(10-12-28)20-6-4-19(25)5-7-20/h3-8,13H,9-12,14-16H2,1-2H3,(H,26,29). The molecule has 2 aromatic rings. The van der Waals surface area contributed by atoms with Crippen molar-refractivity contribution in [3.05, 3.63) is 59.4 Å². The number of ether oxygens (including phenoxy) is 1. The van der Waals surface area contributed by atoms with Crippen LogP contribution in [-0.4, -0.2) is 67.0 Å². The van der Waals surface area contributed by atoms with Crippen LogP contribution in [0.25, 0.3) is 0 Å². The summed E-state index contributed by atoms with van der Waals surface area (Å²) in [6, 6.07) is 12.0. The lowest BCUT2D eigenvalue weighted by atomic mass is 10.1. The molecule has 7 nitrogen and oxygen atoms in total. The molecule has 33 heavy (non-hydrogen) atoms. The molecule has 0 spiro atoms. The van der Waals surface area contributed by atoms with E-state index in [1.165, 1.54) is 12.1 Å². The molecule has 3 rings (SSSR count). The van der Waals surface area contributed by atoms with Crippen LogP contribution in [0.5, 0.6) is 0 Å². The number of benzene rings is 2. The molecule has 176 valence electrons. The summed E-state index contributed by atoms with van der Waals surface area (Å²) in [4.78, 5) is 40.1. The number of nitrogens with zero attached hydrogens (tertiary/aromatic N) is 2. The van der Waals surface area contributed by atoms with E-state index in [1.807, 2.05) is 32.0 Å². The summed E-state index contributed by atoms with van der Waals surface area (Å²) >= 11 is 1.14. The number of anilines is 2. The van der Waals surface area contributed by atoms with Gasteiger partial charge in [-0.15, -0.1) is 11.8 Å². The van der Waals surface area contributed by atoms with Crippen LogP contribution in [0.4, 0.5) is 15.8 Å². The zero-order chi connectivity index (χ0) is 23.8. The summed E-state index contributed by atoms with van der Waals surface area (Å²) in [6.07, 6.45) is 0. The van der Waals surface area contributed by atoms with Gasteiger partial charge in [0.05, 0.1) is 11.5 Å². The molecule has 1 aliphatic heterocycles. The lowest BCUT2D eigenvalue weighted by molar-refractivity contribution is -0.150. The Hall–Kier alpha value is -3.07. The van der Waals surface area contributed by atoms with Crippen LogP contribution >= 0.6 is 11.8 Å². The Kier molecular flexibility index (Phi) is 8.71. The van der Waals surface area contributed by atoms with Gasteiger partial charge in [0.1, 0.15) is 5.82 Å². The Bertz CT molecular complexity index is 992. The maximum Gasteiger partial charge on any atom is 0.316 e. The van der Waals surface area contributed by atoms with Gasteiger partial charge in [-0.25, -0.2) is 4.39 Å². The maximum atomic E-state index is 13.1. The maximum absolute atomic E-state index is 13.1. The quantitative estimate of drug-likeness (QED) is 0.594. The summed E-state index contributed by atoms with van der Waals surface area (Å²) in [5, 5.41) is 2.83. The largest absolute Gasteiger partial charge is 0.455 e. The van der Waals surface area contributed by atoms with Crippen LogP contribution in [0.15, 0.2) is 42.5 Å². The molecule has 0 aliphatic carbocycles. The van der Waals surface area contributed by atoms with E-state index in [-0.39, 0.29) is 35.7 Å². The molecule has 1 N–H and O–H groups in total. The van der Waals surface area contributed by atoms with Crippen molar-refractivity contribution in [3.8, 4) is 0 Å². The minimum Gasteiger partial charge on any atom is -0.455 e. The topological polar surface area (TPSA) is 78.9 Å². The number of halogens is 1. The molecule has 2 amide bonds. The van der Waals surface area contributed by atoms with E-state index in [0.717, 1.165) is 34.3 Å². The average Bonchev–Trinajstić information content (AvgIpc) is 2.80. The number of aryl methyl sites for hydroxylation is 2. The Balaban J connectivity index is 1.31. The molecule has 0 atom stereocenters. The number of carbonyl (C=O) groups excluding carboxylic acids is 3. The molecule has 1 saturated heterocycles. The number of hydrogen-bond acceptors (Lipinski definition) is 6. The monoisotopic (exact) mass is 473 g/mol. The van der Waals surface area contributed by atoms with Crippen molar-refractivity contribution in [2.24, 2.45) is 0 Å². The van der Waals surface area contributed by atoms with Crippen LogP contribution < -0.4 is 10.2 Å². The summed E-state index contributed by atoms with van der Waals surface area (Å²) in [6.45, 7) is 5.84. The molecular weight excluding hydrogens is 445 g/mol. The summed E-state index contributed by atoms with van der Waals surface area (Å²) in [7, 11) is 0. The molecule has 1 aliphatic rings. The fraction of sp³-hybridized carbons (Fsp3) is 0.375. The van der Waals surface area contributed by atoms with Gasteiger partial charge in [0.2, 0.25) is 5.91 Å². The van der Waals surface area contributed by atoms with E-state index in [9.17, 15) is 18.8 Å². The van der Waals surface area contributed by atoms with E-state index in [2.05, 4.69) is 10.2 Å². The number of esters is 1. The summed E-state index contributed by atoms with van der Waals surface area (Å²) < 4.78 is 18.1. The first-order valence-corrected chi connectivity index (χ1v) is 11.9. The Morgan fingerprint density at radius 3 is 2.36 bits per heavy atom. The summed E-state index contributed by atoms with van der Waals surface area (Å²) in [5.41, 5.74) is 3.75. The molecule has 9 heteroatoms. The third-order valence-electron chi connectivity index (χ3n) is 5.29. The Labute approximate surface area is 197 Å². The highest BCUT2D eigenvalue weighted by molar-refractivity contribution is 8.00. The Morgan fingerprint density at radius 2 is 1.70 bits per heavy atom. The molecule has 0 bridgehead atoms. The highest BCUT2D eigenvalue weighted by Crippen LogP contribution is 2.18. The minimum absolute atomic E-state index is 0.00801. The van der Waals surface area contributed by atoms with Crippen molar-refractivity contribution < 1.29 is 23.5 Å². The van der Waals surface area contributed by atoms with Gasteiger partial charge < -0.3 is 19.9 Å². The number of piperazine rings is 1. The highest BCUT2D eigenvalue weighted by Gasteiger charge is 2.22. The highest BCUT2D eigenvalue weighted by atomic mass is 32.2. The second-order valence-corrected chi connectivity index (χ2v) is 8.85. The predicted octanol–water partition coefficient (Wildman–Crippen LogP) is 3.01. The summed E-state index contributed by atoms with van der Waals surface area (Å²) in [5.74, 6) is -1.16. The van der Waals surface area contributed by atoms with Gasteiger partial charge in [-0.05, 0) is 49.7 Å². The first-order valence-electron chi connectivity index (χ1n) is 10.7. The normalized spacial score (nSPS) is 13.5. The van der Waals surface area contributed by atoms with E-state index < -0.39 is 5.97 Å². The zero-order valence-electron chi connectivity index (χ0n) is 18.8. The van der Waals surface area contributed by atoms with Gasteiger partial charge in [0.15, 0.2) is 6.61 Å². The van der Waals surface area contributed by atoms with E-state index in [1.54, 1.807) is 17.0 Å². The van der Waals surface area contributed by atoms with Crippen LogP contribution in [0.2, 0.25) is 0 Å².